The number of hydrogen-bond acceptors (Lipinski definition) is 5. The van der Waals surface area contributed by atoms with Crippen LogP contribution in [0.1, 0.15) is 6.92 Å². The van der Waals surface area contributed by atoms with Gasteiger partial charge in [0, 0.05) is 34.2 Å². The van der Waals surface area contributed by atoms with E-state index in [1.54, 1.807) is 30.7 Å². The van der Waals surface area contributed by atoms with E-state index in [2.05, 4.69) is 20.3 Å². The molecule has 0 aliphatic carbocycles. The van der Waals surface area contributed by atoms with Gasteiger partial charge in [-0.1, -0.05) is 30.1 Å². The maximum atomic E-state index is 12.2. The molecular weight excluding hydrogens is 441 g/mol. The molecule has 1 aliphatic heterocycles. The third kappa shape index (κ3) is 3.10. The fraction of sp³-hybridized carbons (Fsp3) is 0.0952. The first-order valence-corrected chi connectivity index (χ1v) is 11.3. The van der Waals surface area contributed by atoms with Gasteiger partial charge in [-0.3, -0.25) is 9.19 Å². The van der Waals surface area contributed by atoms with Crippen molar-refractivity contribution in [2.24, 2.45) is 0 Å². The molecular formula is C21H15Cl2N5OS. The van der Waals surface area contributed by atoms with Crippen LogP contribution in [0.15, 0.2) is 53.8 Å². The van der Waals surface area contributed by atoms with E-state index in [9.17, 15) is 4.21 Å². The Bertz CT molecular complexity index is 1230. The van der Waals surface area contributed by atoms with E-state index < -0.39 is 10.8 Å². The Kier molecular flexibility index (Phi) is 4.81. The molecule has 4 heterocycles. The highest BCUT2D eigenvalue weighted by molar-refractivity contribution is 7.85. The van der Waals surface area contributed by atoms with Crippen LogP contribution in [0.3, 0.4) is 0 Å². The number of anilines is 2. The van der Waals surface area contributed by atoms with Crippen LogP contribution >= 0.6 is 23.2 Å². The molecule has 6 nitrogen and oxygen atoms in total. The Balaban J connectivity index is 1.74. The summed E-state index contributed by atoms with van der Waals surface area (Å²) in [6.07, 6.45) is 5.20. The van der Waals surface area contributed by atoms with Gasteiger partial charge >= 0.3 is 0 Å². The first-order chi connectivity index (χ1) is 14.6. The number of aromatic nitrogens is 4. The van der Waals surface area contributed by atoms with Gasteiger partial charge in [0.15, 0.2) is 0 Å². The molecule has 3 aromatic heterocycles. The van der Waals surface area contributed by atoms with E-state index in [4.69, 9.17) is 28.2 Å². The van der Waals surface area contributed by atoms with E-state index in [0.29, 0.717) is 37.9 Å². The van der Waals surface area contributed by atoms with Crippen molar-refractivity contribution in [1.82, 2.24) is 19.9 Å². The van der Waals surface area contributed by atoms with E-state index in [1.165, 1.54) is 0 Å². The number of fused-ring (bicyclic) bond motifs is 5. The number of imidazole rings is 1. The number of hydrogen-bond donors (Lipinski definition) is 2. The largest absolute Gasteiger partial charge is 0.338 e. The second-order valence-corrected chi connectivity index (χ2v) is 9.21. The van der Waals surface area contributed by atoms with Gasteiger partial charge in [-0.25, -0.2) is 9.97 Å². The number of nitrogens with zero attached hydrogens (tertiary/aromatic N) is 3. The zero-order valence-electron chi connectivity index (χ0n) is 15.7. The maximum absolute atomic E-state index is 12.2. The van der Waals surface area contributed by atoms with Crippen molar-refractivity contribution in [2.75, 3.05) is 11.1 Å². The first kappa shape index (κ1) is 19.2. The van der Waals surface area contributed by atoms with Crippen molar-refractivity contribution < 1.29 is 4.21 Å². The molecule has 1 aliphatic rings. The predicted octanol–water partition coefficient (Wildman–Crippen LogP) is 5.69. The minimum Gasteiger partial charge on any atom is -0.338 e. The van der Waals surface area contributed by atoms with Gasteiger partial charge in [0.2, 0.25) is 0 Å². The Morgan fingerprint density at radius 1 is 1.10 bits per heavy atom. The maximum Gasteiger partial charge on any atom is 0.141 e. The Labute approximate surface area is 185 Å². The van der Waals surface area contributed by atoms with Crippen LogP contribution in [-0.2, 0) is 10.8 Å². The number of halogens is 2. The lowest BCUT2D eigenvalue weighted by Crippen LogP contribution is -1.97. The fourth-order valence-electron chi connectivity index (χ4n) is 3.49. The molecule has 1 aromatic carbocycles. The molecule has 1 unspecified atom stereocenters. The molecule has 2 N–H and O–H groups in total. The lowest BCUT2D eigenvalue weighted by Gasteiger charge is -2.09. The third-order valence-electron chi connectivity index (χ3n) is 4.89. The molecule has 0 saturated heterocycles. The van der Waals surface area contributed by atoms with Crippen molar-refractivity contribution >= 4 is 45.5 Å². The molecule has 0 saturated carbocycles. The van der Waals surface area contributed by atoms with E-state index in [0.717, 1.165) is 28.2 Å². The van der Waals surface area contributed by atoms with Crippen LogP contribution in [0.25, 0.3) is 33.9 Å². The summed E-state index contributed by atoms with van der Waals surface area (Å²) in [4.78, 5) is 17.5. The molecule has 0 radical (unpaired) electrons. The highest BCUT2D eigenvalue weighted by atomic mass is 35.5. The summed E-state index contributed by atoms with van der Waals surface area (Å²) < 4.78 is 12.2. The number of H-pyrrole nitrogens is 1. The number of pyridine rings is 2. The van der Waals surface area contributed by atoms with Crippen LogP contribution < -0.4 is 5.32 Å². The van der Waals surface area contributed by atoms with Crippen molar-refractivity contribution in [2.45, 2.75) is 11.8 Å². The van der Waals surface area contributed by atoms with Crippen LogP contribution in [0.5, 0.6) is 0 Å². The number of aromatic amines is 1. The minimum atomic E-state index is -1.15. The Morgan fingerprint density at radius 2 is 1.90 bits per heavy atom. The molecule has 0 bridgehead atoms. The van der Waals surface area contributed by atoms with Crippen LogP contribution in [0, 0.1) is 0 Å². The summed E-state index contributed by atoms with van der Waals surface area (Å²) in [7, 11) is -1.15. The monoisotopic (exact) mass is 455 g/mol. The highest BCUT2D eigenvalue weighted by Crippen LogP contribution is 2.44. The first-order valence-electron chi connectivity index (χ1n) is 9.21. The van der Waals surface area contributed by atoms with Crippen LogP contribution in [-0.4, -0.2) is 29.9 Å². The van der Waals surface area contributed by atoms with Gasteiger partial charge in [-0.05, 0) is 30.3 Å². The summed E-state index contributed by atoms with van der Waals surface area (Å²) in [6.45, 7) is 1.85. The van der Waals surface area contributed by atoms with Crippen LogP contribution in [0.4, 0.5) is 11.5 Å². The Morgan fingerprint density at radius 3 is 2.67 bits per heavy atom. The molecule has 5 rings (SSSR count). The molecule has 150 valence electrons. The van der Waals surface area contributed by atoms with Crippen molar-refractivity contribution in [3.8, 4) is 33.9 Å². The summed E-state index contributed by atoms with van der Waals surface area (Å²) in [6, 6.07) is 9.10. The van der Waals surface area contributed by atoms with Gasteiger partial charge in [-0.15, -0.1) is 0 Å². The lowest BCUT2D eigenvalue weighted by molar-refractivity contribution is 0.684. The van der Waals surface area contributed by atoms with Crippen molar-refractivity contribution in [3.05, 3.63) is 59.0 Å². The van der Waals surface area contributed by atoms with E-state index in [-0.39, 0.29) is 0 Å². The normalized spacial score (nSPS) is 12.9. The summed E-state index contributed by atoms with van der Waals surface area (Å²) in [5, 5.41) is 4.11. The van der Waals surface area contributed by atoms with Gasteiger partial charge < -0.3 is 10.3 Å². The van der Waals surface area contributed by atoms with Gasteiger partial charge in [0.25, 0.3) is 0 Å². The zero-order chi connectivity index (χ0) is 20.8. The minimum absolute atomic E-state index is 0.391. The lowest BCUT2D eigenvalue weighted by atomic mass is 10.1. The topological polar surface area (TPSA) is 83.6 Å². The summed E-state index contributed by atoms with van der Waals surface area (Å²) in [5.41, 5.74) is 4.69. The highest BCUT2D eigenvalue weighted by Gasteiger charge is 2.25. The standard InChI is InChI=1S/C21H15Cl2N5OS/c1-2-30(29)11-8-14(22)17(15(23)9-11)21-27-18-12-5-7-24-10-16(12)26-20-13(19(18)28-21)4-3-6-25-20/h3-10H,2H2,1H3,(H,25,26)(H,27,28). The number of rotatable bonds is 3. The summed E-state index contributed by atoms with van der Waals surface area (Å²) in [5.74, 6) is 1.71. The van der Waals surface area contributed by atoms with Crippen molar-refractivity contribution in [1.29, 1.82) is 0 Å². The second kappa shape index (κ2) is 7.50. The van der Waals surface area contributed by atoms with E-state index in [1.807, 2.05) is 25.1 Å². The smallest absolute Gasteiger partial charge is 0.141 e. The Hall–Kier alpha value is -2.74. The average Bonchev–Trinajstić information content (AvgIpc) is 3.12. The van der Waals surface area contributed by atoms with Gasteiger partial charge in [0.05, 0.1) is 44.0 Å². The molecule has 0 fully saturated rings. The third-order valence-corrected chi connectivity index (χ3v) is 6.77. The zero-order valence-corrected chi connectivity index (χ0v) is 18.1. The van der Waals surface area contributed by atoms with Crippen molar-refractivity contribution in [3.63, 3.8) is 0 Å². The van der Waals surface area contributed by atoms with Gasteiger partial charge in [0.1, 0.15) is 17.3 Å². The number of nitrogens with one attached hydrogen (secondary N) is 2. The molecule has 30 heavy (non-hydrogen) atoms. The average molecular weight is 456 g/mol. The predicted molar refractivity (Wildman–Crippen MR) is 121 cm³/mol. The SMILES string of the molecule is CCS(=O)c1cc(Cl)c(-c2nc3c([nH]2)-c2ccncc2Nc2ncccc2-3)c(Cl)c1. The molecule has 1 atom stereocenters. The fourth-order valence-corrected chi connectivity index (χ4v) is 5.12. The van der Waals surface area contributed by atoms with E-state index >= 15 is 0 Å². The molecule has 0 spiro atoms. The number of benzene rings is 1. The quantitative estimate of drug-likeness (QED) is 0.364. The molecule has 0 amide bonds. The van der Waals surface area contributed by atoms with Gasteiger partial charge in [-0.2, -0.15) is 0 Å². The summed E-state index contributed by atoms with van der Waals surface area (Å²) >= 11 is 13.1. The molecule has 4 aromatic rings. The van der Waals surface area contributed by atoms with Crippen LogP contribution in [0.2, 0.25) is 10.0 Å². The second-order valence-electron chi connectivity index (χ2n) is 6.65. The molecule has 9 heteroatoms.